The molecule has 2 N–H and O–H groups in total. The van der Waals surface area contributed by atoms with Crippen LogP contribution in [-0.4, -0.2) is 78.4 Å². The molecule has 160 valence electrons. The third kappa shape index (κ3) is 5.11. The second-order valence-corrected chi connectivity index (χ2v) is 8.56. The van der Waals surface area contributed by atoms with E-state index in [1.54, 1.807) is 0 Å². The number of hydrogen-bond acceptors (Lipinski definition) is 4. The van der Waals surface area contributed by atoms with Gasteiger partial charge in [-0.2, -0.15) is 0 Å². The topological polar surface area (TPSA) is 69.9 Å². The van der Waals surface area contributed by atoms with Gasteiger partial charge in [0.1, 0.15) is 0 Å². The predicted octanol–water partition coefficient (Wildman–Crippen LogP) is 1.70. The minimum absolute atomic E-state index is 0. The Kier molecular flexibility index (Phi) is 7.55. The summed E-state index contributed by atoms with van der Waals surface area (Å²) in [6.45, 7) is 5.25. The fourth-order valence-corrected chi connectivity index (χ4v) is 4.96. The van der Waals surface area contributed by atoms with E-state index in [1.807, 2.05) is 28.0 Å². The molecular weight excluding hydrogens is 388 g/mol. The van der Waals surface area contributed by atoms with Crippen LogP contribution in [0.15, 0.2) is 30.3 Å². The number of carbonyl (C=O) groups excluding carboxylic acids is 2. The first-order valence-corrected chi connectivity index (χ1v) is 10.7. The molecule has 0 spiro atoms. The van der Waals surface area contributed by atoms with Crippen LogP contribution in [0.3, 0.4) is 0 Å². The zero-order chi connectivity index (χ0) is 19.5. The van der Waals surface area contributed by atoms with Crippen LogP contribution in [0, 0.1) is 5.92 Å². The van der Waals surface area contributed by atoms with Gasteiger partial charge in [0, 0.05) is 57.1 Å². The number of nitrogens with two attached hydrogens (primary N) is 1. The first-order chi connectivity index (χ1) is 13.6. The smallest absolute Gasteiger partial charge is 0.236 e. The highest BCUT2D eigenvalue weighted by atomic mass is 35.5. The molecule has 1 aromatic rings. The van der Waals surface area contributed by atoms with E-state index in [0.29, 0.717) is 25.5 Å². The molecule has 0 unspecified atom stereocenters. The average molecular weight is 421 g/mol. The van der Waals surface area contributed by atoms with Crippen LogP contribution in [-0.2, 0) is 9.59 Å². The summed E-state index contributed by atoms with van der Waals surface area (Å²) in [5.41, 5.74) is 7.61. The Hall–Kier alpha value is -1.63. The van der Waals surface area contributed by atoms with Crippen molar-refractivity contribution in [1.29, 1.82) is 0 Å². The minimum atomic E-state index is 0. The van der Waals surface area contributed by atoms with E-state index in [-0.39, 0.29) is 36.2 Å². The van der Waals surface area contributed by atoms with E-state index in [4.69, 9.17) is 5.73 Å². The SMILES string of the molecule is Cl.N[C@@H]1CN(CC(=O)N2CCC(C(=O)N3CCCC3)CC2)C[C@H]1c1ccccc1. The first-order valence-electron chi connectivity index (χ1n) is 10.7. The van der Waals surface area contributed by atoms with Gasteiger partial charge < -0.3 is 15.5 Å². The van der Waals surface area contributed by atoms with Crippen LogP contribution in [0.2, 0.25) is 0 Å². The van der Waals surface area contributed by atoms with E-state index < -0.39 is 0 Å². The summed E-state index contributed by atoms with van der Waals surface area (Å²) < 4.78 is 0. The molecule has 7 heteroatoms. The van der Waals surface area contributed by atoms with E-state index in [1.165, 1.54) is 5.56 Å². The van der Waals surface area contributed by atoms with E-state index in [2.05, 4.69) is 17.0 Å². The third-order valence-electron chi connectivity index (χ3n) is 6.64. The largest absolute Gasteiger partial charge is 0.342 e. The Bertz CT molecular complexity index is 687. The highest BCUT2D eigenvalue weighted by Gasteiger charge is 2.35. The van der Waals surface area contributed by atoms with E-state index >= 15 is 0 Å². The Labute approximate surface area is 179 Å². The van der Waals surface area contributed by atoms with Crippen LogP contribution >= 0.6 is 12.4 Å². The van der Waals surface area contributed by atoms with Gasteiger partial charge in [0.2, 0.25) is 11.8 Å². The number of halogens is 1. The molecule has 29 heavy (non-hydrogen) atoms. The third-order valence-corrected chi connectivity index (χ3v) is 6.64. The number of nitrogens with zero attached hydrogens (tertiary/aromatic N) is 3. The number of benzene rings is 1. The van der Waals surface area contributed by atoms with Gasteiger partial charge in [0.15, 0.2) is 0 Å². The van der Waals surface area contributed by atoms with Gasteiger partial charge >= 0.3 is 0 Å². The van der Waals surface area contributed by atoms with Crippen molar-refractivity contribution in [1.82, 2.24) is 14.7 Å². The monoisotopic (exact) mass is 420 g/mol. The molecule has 0 radical (unpaired) electrons. The Morgan fingerprint density at radius 1 is 0.931 bits per heavy atom. The number of likely N-dealkylation sites (tertiary alicyclic amines) is 3. The minimum Gasteiger partial charge on any atom is -0.342 e. The van der Waals surface area contributed by atoms with Crippen LogP contribution in [0.1, 0.15) is 37.2 Å². The summed E-state index contributed by atoms with van der Waals surface area (Å²) >= 11 is 0. The highest BCUT2D eigenvalue weighted by molar-refractivity contribution is 5.85. The molecule has 3 aliphatic rings. The number of rotatable bonds is 4. The Morgan fingerprint density at radius 2 is 1.59 bits per heavy atom. The number of piperidine rings is 1. The first kappa shape index (κ1) is 22.1. The quantitative estimate of drug-likeness (QED) is 0.804. The van der Waals surface area contributed by atoms with Gasteiger partial charge in [-0.1, -0.05) is 30.3 Å². The lowest BCUT2D eigenvalue weighted by molar-refractivity contribution is -0.140. The second kappa shape index (κ2) is 9.92. The average Bonchev–Trinajstić information content (AvgIpc) is 3.38. The molecule has 2 amide bonds. The molecule has 3 heterocycles. The van der Waals surface area contributed by atoms with Crippen molar-refractivity contribution in [3.05, 3.63) is 35.9 Å². The molecule has 3 saturated heterocycles. The van der Waals surface area contributed by atoms with Gasteiger partial charge in [-0.05, 0) is 31.2 Å². The van der Waals surface area contributed by atoms with Gasteiger partial charge in [-0.3, -0.25) is 14.5 Å². The van der Waals surface area contributed by atoms with Crippen molar-refractivity contribution in [2.75, 3.05) is 45.8 Å². The lowest BCUT2D eigenvalue weighted by Gasteiger charge is -2.34. The zero-order valence-corrected chi connectivity index (χ0v) is 17.9. The normalized spacial score (nSPS) is 25.8. The molecule has 0 aromatic heterocycles. The lowest BCUT2D eigenvalue weighted by atomic mass is 9.95. The lowest BCUT2D eigenvalue weighted by Crippen LogP contribution is -2.46. The van der Waals surface area contributed by atoms with Crippen molar-refractivity contribution >= 4 is 24.2 Å². The predicted molar refractivity (Wildman–Crippen MR) is 116 cm³/mol. The molecule has 3 fully saturated rings. The summed E-state index contributed by atoms with van der Waals surface area (Å²) in [6.07, 6.45) is 3.86. The van der Waals surface area contributed by atoms with Crippen LogP contribution in [0.4, 0.5) is 0 Å². The fraction of sp³-hybridized carbons (Fsp3) is 0.636. The highest BCUT2D eigenvalue weighted by Crippen LogP contribution is 2.27. The van der Waals surface area contributed by atoms with Crippen LogP contribution < -0.4 is 5.73 Å². The number of amides is 2. The van der Waals surface area contributed by atoms with Crippen molar-refractivity contribution in [2.24, 2.45) is 11.7 Å². The number of carbonyl (C=O) groups is 2. The number of hydrogen-bond donors (Lipinski definition) is 1. The zero-order valence-electron chi connectivity index (χ0n) is 17.0. The molecule has 1 aromatic carbocycles. The molecule has 4 rings (SSSR count). The van der Waals surface area contributed by atoms with Crippen molar-refractivity contribution in [2.45, 2.75) is 37.6 Å². The molecule has 0 aliphatic carbocycles. The van der Waals surface area contributed by atoms with E-state index in [0.717, 1.165) is 51.9 Å². The van der Waals surface area contributed by atoms with Crippen LogP contribution in [0.25, 0.3) is 0 Å². The standard InChI is InChI=1S/C22H32N4O2.ClH/c23-20-15-24(14-19(20)17-6-2-1-3-7-17)16-21(27)25-12-8-18(9-13-25)22(28)26-10-4-5-11-26;/h1-3,6-7,18-20H,4-5,8-16,23H2;1H/t19-,20+;/m0./s1. The molecule has 0 saturated carbocycles. The summed E-state index contributed by atoms with van der Waals surface area (Å²) in [4.78, 5) is 31.5. The summed E-state index contributed by atoms with van der Waals surface area (Å²) in [7, 11) is 0. The molecule has 0 bridgehead atoms. The van der Waals surface area contributed by atoms with Crippen molar-refractivity contribution < 1.29 is 9.59 Å². The molecule has 2 atom stereocenters. The Morgan fingerprint density at radius 3 is 2.24 bits per heavy atom. The van der Waals surface area contributed by atoms with Gasteiger partial charge in [0.25, 0.3) is 0 Å². The molecule has 6 nitrogen and oxygen atoms in total. The summed E-state index contributed by atoms with van der Waals surface area (Å²) in [5, 5.41) is 0. The maximum atomic E-state index is 12.8. The second-order valence-electron chi connectivity index (χ2n) is 8.56. The van der Waals surface area contributed by atoms with Crippen molar-refractivity contribution in [3.63, 3.8) is 0 Å². The Balaban J connectivity index is 0.00000240. The van der Waals surface area contributed by atoms with Gasteiger partial charge in [-0.15, -0.1) is 12.4 Å². The van der Waals surface area contributed by atoms with Crippen molar-refractivity contribution in [3.8, 4) is 0 Å². The van der Waals surface area contributed by atoms with Gasteiger partial charge in [-0.25, -0.2) is 0 Å². The van der Waals surface area contributed by atoms with Gasteiger partial charge in [0.05, 0.1) is 6.54 Å². The maximum absolute atomic E-state index is 12.8. The molecule has 3 aliphatic heterocycles. The summed E-state index contributed by atoms with van der Waals surface area (Å²) in [6, 6.07) is 10.4. The maximum Gasteiger partial charge on any atom is 0.236 e. The molecular formula is C22H33ClN4O2. The van der Waals surface area contributed by atoms with E-state index in [9.17, 15) is 9.59 Å². The van der Waals surface area contributed by atoms with Crippen LogP contribution in [0.5, 0.6) is 0 Å². The fourth-order valence-electron chi connectivity index (χ4n) is 4.96. The summed E-state index contributed by atoms with van der Waals surface area (Å²) in [5.74, 6) is 0.872.